The molecule has 3 nitrogen and oxygen atoms in total. The van der Waals surface area contributed by atoms with Gasteiger partial charge in [0.2, 0.25) is 0 Å². The lowest BCUT2D eigenvalue weighted by Crippen LogP contribution is -2.27. The molecule has 0 heterocycles. The van der Waals surface area contributed by atoms with E-state index in [9.17, 15) is 9.00 Å². The summed E-state index contributed by atoms with van der Waals surface area (Å²) >= 11 is 0. The van der Waals surface area contributed by atoms with Gasteiger partial charge in [-0.2, -0.15) is 0 Å². The van der Waals surface area contributed by atoms with Crippen molar-refractivity contribution in [2.75, 3.05) is 5.75 Å². The van der Waals surface area contributed by atoms with E-state index in [0.29, 0.717) is 0 Å². The topological polar surface area (TPSA) is 54.4 Å². The average molecular weight is 162 g/mol. The summed E-state index contributed by atoms with van der Waals surface area (Å²) in [6.07, 6.45) is 3.00. The van der Waals surface area contributed by atoms with Gasteiger partial charge in [-0.25, -0.2) is 0 Å². The summed E-state index contributed by atoms with van der Waals surface area (Å²) in [5.74, 6) is -1.13. The van der Waals surface area contributed by atoms with Crippen molar-refractivity contribution in [2.45, 2.75) is 24.5 Å². The first-order valence-electron chi connectivity index (χ1n) is 3.29. The van der Waals surface area contributed by atoms with Gasteiger partial charge < -0.3 is 5.11 Å². The molecule has 0 aromatic rings. The fourth-order valence-electron chi connectivity index (χ4n) is 0.873. The highest BCUT2D eigenvalue weighted by molar-refractivity contribution is 7.86. The predicted octanol–water partition coefficient (Wildman–Crippen LogP) is 0.372. The van der Waals surface area contributed by atoms with E-state index in [0.717, 1.165) is 19.3 Å². The highest BCUT2D eigenvalue weighted by Gasteiger charge is 2.24. The standard InChI is InChI=1S/C6H10O3S/c7-6(8)4-10(9)5-2-1-3-5/h5H,1-4H2,(H,7,8). The van der Waals surface area contributed by atoms with Crippen LogP contribution in [0.4, 0.5) is 0 Å². The second kappa shape index (κ2) is 3.14. The molecule has 1 aliphatic rings. The molecule has 0 radical (unpaired) electrons. The molecule has 1 rings (SSSR count). The summed E-state index contributed by atoms with van der Waals surface area (Å²) in [7, 11) is -1.11. The van der Waals surface area contributed by atoms with Crippen molar-refractivity contribution in [3.05, 3.63) is 0 Å². The molecule has 1 N–H and O–H groups in total. The van der Waals surface area contributed by atoms with Crippen molar-refractivity contribution in [1.82, 2.24) is 0 Å². The Morgan fingerprint density at radius 3 is 2.50 bits per heavy atom. The van der Waals surface area contributed by atoms with Crippen molar-refractivity contribution in [1.29, 1.82) is 0 Å². The first-order chi connectivity index (χ1) is 4.70. The average Bonchev–Trinajstić information content (AvgIpc) is 1.55. The smallest absolute Gasteiger partial charge is 0.316 e. The Morgan fingerprint density at radius 1 is 1.60 bits per heavy atom. The quantitative estimate of drug-likeness (QED) is 0.652. The molecule has 1 atom stereocenters. The molecule has 0 aromatic carbocycles. The Kier molecular flexibility index (Phi) is 2.43. The van der Waals surface area contributed by atoms with Crippen molar-refractivity contribution in [3.63, 3.8) is 0 Å². The maximum absolute atomic E-state index is 11.0. The zero-order chi connectivity index (χ0) is 7.56. The molecule has 58 valence electrons. The lowest BCUT2D eigenvalue weighted by atomic mass is 10.0. The second-order valence-corrected chi connectivity index (χ2v) is 4.19. The van der Waals surface area contributed by atoms with Crippen molar-refractivity contribution < 1.29 is 14.1 Å². The maximum atomic E-state index is 11.0. The molecule has 1 saturated carbocycles. The van der Waals surface area contributed by atoms with Gasteiger partial charge in [-0.05, 0) is 12.8 Å². The Bertz CT molecular complexity index is 162. The summed E-state index contributed by atoms with van der Waals surface area (Å²) in [6.45, 7) is 0. The van der Waals surface area contributed by atoms with Crippen molar-refractivity contribution in [2.24, 2.45) is 0 Å². The number of hydrogen-bond acceptors (Lipinski definition) is 2. The van der Waals surface area contributed by atoms with Crippen LogP contribution in [-0.2, 0) is 15.6 Å². The SMILES string of the molecule is O=C(O)CS(=O)C1CCC1. The number of carboxylic acids is 1. The van der Waals surface area contributed by atoms with Gasteiger partial charge in [0.15, 0.2) is 0 Å². The first kappa shape index (κ1) is 7.72. The van der Waals surface area contributed by atoms with E-state index in [1.165, 1.54) is 0 Å². The van der Waals surface area contributed by atoms with Gasteiger partial charge in [-0.1, -0.05) is 6.42 Å². The molecular weight excluding hydrogens is 152 g/mol. The van der Waals surface area contributed by atoms with Crippen LogP contribution in [0.3, 0.4) is 0 Å². The van der Waals surface area contributed by atoms with Crippen LogP contribution in [0.5, 0.6) is 0 Å². The fourth-order valence-corrected chi connectivity index (χ4v) is 2.21. The van der Waals surface area contributed by atoms with E-state index < -0.39 is 16.8 Å². The summed E-state index contributed by atoms with van der Waals surface area (Å²) in [5, 5.41) is 8.44. The number of aliphatic carboxylic acids is 1. The first-order valence-corrected chi connectivity index (χ1v) is 4.67. The lowest BCUT2D eigenvalue weighted by Gasteiger charge is -2.23. The van der Waals surface area contributed by atoms with E-state index in [1.807, 2.05) is 0 Å². The Hall–Kier alpha value is -0.380. The minimum absolute atomic E-state index is 0.176. The predicted molar refractivity (Wildman–Crippen MR) is 38.3 cm³/mol. The molecule has 10 heavy (non-hydrogen) atoms. The molecule has 0 saturated heterocycles. The van der Waals surface area contributed by atoms with Gasteiger partial charge >= 0.3 is 5.97 Å². The third-order valence-electron chi connectivity index (χ3n) is 1.69. The molecule has 0 spiro atoms. The summed E-state index contributed by atoms with van der Waals surface area (Å²) in [5.41, 5.74) is 0. The molecule has 0 amide bonds. The molecule has 0 aromatic heterocycles. The van der Waals surface area contributed by atoms with Crippen LogP contribution >= 0.6 is 0 Å². The molecule has 1 aliphatic carbocycles. The van der Waals surface area contributed by atoms with Crippen LogP contribution < -0.4 is 0 Å². The van der Waals surface area contributed by atoms with Crippen LogP contribution in [0.15, 0.2) is 0 Å². The number of rotatable bonds is 3. The number of carboxylic acid groups (broad SMARTS) is 1. The summed E-state index contributed by atoms with van der Waals surface area (Å²) in [4.78, 5) is 10.1. The highest BCUT2D eigenvalue weighted by Crippen LogP contribution is 2.23. The van der Waals surface area contributed by atoms with Gasteiger partial charge in [0.05, 0.1) is 0 Å². The van der Waals surface area contributed by atoms with Gasteiger partial charge in [0.25, 0.3) is 0 Å². The second-order valence-electron chi connectivity index (χ2n) is 2.47. The summed E-state index contributed by atoms with van der Waals surface area (Å²) < 4.78 is 11.0. The Balaban J connectivity index is 2.27. The third kappa shape index (κ3) is 1.80. The van der Waals surface area contributed by atoms with Crippen LogP contribution in [-0.4, -0.2) is 26.3 Å². The Labute approximate surface area is 61.9 Å². The Morgan fingerprint density at radius 2 is 2.20 bits per heavy atom. The molecule has 1 unspecified atom stereocenters. The largest absolute Gasteiger partial charge is 0.481 e. The zero-order valence-electron chi connectivity index (χ0n) is 5.58. The highest BCUT2D eigenvalue weighted by atomic mass is 32.2. The minimum atomic E-state index is -1.11. The van der Waals surface area contributed by atoms with E-state index in [2.05, 4.69) is 0 Å². The fraction of sp³-hybridized carbons (Fsp3) is 0.833. The van der Waals surface area contributed by atoms with E-state index in [4.69, 9.17) is 5.11 Å². The van der Waals surface area contributed by atoms with Crippen LogP contribution in [0.2, 0.25) is 0 Å². The molecule has 4 heteroatoms. The molecule has 1 fully saturated rings. The van der Waals surface area contributed by atoms with Crippen molar-refractivity contribution in [3.8, 4) is 0 Å². The monoisotopic (exact) mass is 162 g/mol. The summed E-state index contributed by atoms with van der Waals surface area (Å²) in [6, 6.07) is 0. The zero-order valence-corrected chi connectivity index (χ0v) is 6.39. The van der Waals surface area contributed by atoms with Gasteiger partial charge in [0.1, 0.15) is 5.75 Å². The lowest BCUT2D eigenvalue weighted by molar-refractivity contribution is -0.134. The maximum Gasteiger partial charge on any atom is 0.316 e. The van der Waals surface area contributed by atoms with Gasteiger partial charge in [-0.3, -0.25) is 9.00 Å². The van der Waals surface area contributed by atoms with Crippen molar-refractivity contribution >= 4 is 16.8 Å². The number of hydrogen-bond donors (Lipinski definition) is 1. The minimum Gasteiger partial charge on any atom is -0.481 e. The van der Waals surface area contributed by atoms with E-state index >= 15 is 0 Å². The van der Waals surface area contributed by atoms with Crippen LogP contribution in [0.25, 0.3) is 0 Å². The molecule has 0 aliphatic heterocycles. The van der Waals surface area contributed by atoms with E-state index in [1.54, 1.807) is 0 Å². The van der Waals surface area contributed by atoms with E-state index in [-0.39, 0.29) is 11.0 Å². The van der Waals surface area contributed by atoms with Crippen LogP contribution in [0, 0.1) is 0 Å². The normalized spacial score (nSPS) is 21.6. The molecule has 0 bridgehead atoms. The third-order valence-corrected chi connectivity index (χ3v) is 3.44. The van der Waals surface area contributed by atoms with Gasteiger partial charge in [0, 0.05) is 16.0 Å². The van der Waals surface area contributed by atoms with Crippen LogP contribution in [0.1, 0.15) is 19.3 Å². The van der Waals surface area contributed by atoms with Gasteiger partial charge in [-0.15, -0.1) is 0 Å². The molecular formula is C6H10O3S. The number of carbonyl (C=O) groups is 1.